The number of hydrogen-bond acceptors (Lipinski definition) is 4. The number of nitrogens with zero attached hydrogens (tertiary/aromatic N) is 3. The maximum atomic E-state index is 6.11. The van der Waals surface area contributed by atoms with Crippen molar-refractivity contribution in [2.45, 2.75) is 20.4 Å². The molecule has 0 atom stereocenters. The zero-order valence-electron chi connectivity index (χ0n) is 10.7. The number of hydrogen-bond donors (Lipinski definition) is 1. The highest BCUT2D eigenvalue weighted by Crippen LogP contribution is 2.23. The highest BCUT2D eigenvalue weighted by molar-refractivity contribution is 6.32. The molecule has 1 N–H and O–H groups in total. The fourth-order valence-electron chi connectivity index (χ4n) is 1.83. The fourth-order valence-corrected chi connectivity index (χ4v) is 2.03. The first-order chi connectivity index (χ1) is 8.63. The van der Waals surface area contributed by atoms with E-state index in [2.05, 4.69) is 20.3 Å². The van der Waals surface area contributed by atoms with Crippen molar-refractivity contribution in [1.29, 1.82) is 0 Å². The van der Waals surface area contributed by atoms with Crippen LogP contribution in [0.2, 0.25) is 5.02 Å². The topological polar surface area (TPSA) is 50.7 Å². The van der Waals surface area contributed by atoms with E-state index in [-0.39, 0.29) is 0 Å². The molecule has 2 rings (SSSR count). The van der Waals surface area contributed by atoms with E-state index >= 15 is 0 Å². The van der Waals surface area contributed by atoms with E-state index in [1.165, 1.54) is 0 Å². The summed E-state index contributed by atoms with van der Waals surface area (Å²) in [6.07, 6.45) is 1.69. The summed E-state index contributed by atoms with van der Waals surface area (Å²) in [5.74, 6) is 0.579. The molecule has 2 aromatic rings. The Kier molecular flexibility index (Phi) is 3.89. The monoisotopic (exact) mass is 262 g/mol. The van der Waals surface area contributed by atoms with Crippen molar-refractivity contribution in [3.05, 3.63) is 40.3 Å². The Morgan fingerprint density at radius 3 is 2.44 bits per heavy atom. The molecule has 0 aliphatic rings. The van der Waals surface area contributed by atoms with Gasteiger partial charge in [-0.15, -0.1) is 0 Å². The van der Waals surface area contributed by atoms with E-state index in [0.717, 1.165) is 23.5 Å². The van der Waals surface area contributed by atoms with Crippen LogP contribution in [0.5, 0.6) is 0 Å². The van der Waals surface area contributed by atoms with Crippen molar-refractivity contribution >= 4 is 11.6 Å². The predicted octanol–water partition coefficient (Wildman–Crippen LogP) is 2.53. The summed E-state index contributed by atoms with van der Waals surface area (Å²) in [7, 11) is 1.91. The van der Waals surface area contributed by atoms with Crippen LogP contribution < -0.4 is 5.32 Å². The molecular formula is C13H15ClN4. The van der Waals surface area contributed by atoms with Crippen molar-refractivity contribution < 1.29 is 0 Å². The van der Waals surface area contributed by atoms with E-state index in [9.17, 15) is 0 Å². The molecule has 0 spiro atoms. The minimum absolute atomic E-state index is 0.567. The van der Waals surface area contributed by atoms with Crippen LogP contribution >= 0.6 is 11.6 Å². The summed E-state index contributed by atoms with van der Waals surface area (Å²) in [6, 6.07) is 3.58. The van der Waals surface area contributed by atoms with Crippen molar-refractivity contribution in [2.75, 3.05) is 7.05 Å². The summed E-state index contributed by atoms with van der Waals surface area (Å²) >= 11 is 6.11. The van der Waals surface area contributed by atoms with E-state index in [1.54, 1.807) is 18.3 Å². The lowest BCUT2D eigenvalue weighted by Gasteiger charge is -2.10. The molecule has 0 saturated carbocycles. The standard InChI is InChI=1S/C13H15ClN4/c1-8-10(7-15-3)9(2)18-13(17-8)12-11(14)5-4-6-16-12/h4-6,15H,7H2,1-3H3. The van der Waals surface area contributed by atoms with E-state index in [0.29, 0.717) is 16.5 Å². The average molecular weight is 263 g/mol. The van der Waals surface area contributed by atoms with Crippen molar-refractivity contribution in [3.8, 4) is 11.5 Å². The van der Waals surface area contributed by atoms with Gasteiger partial charge in [0, 0.05) is 29.7 Å². The third kappa shape index (κ3) is 2.49. The molecule has 94 valence electrons. The molecule has 0 bridgehead atoms. The van der Waals surface area contributed by atoms with Crippen molar-refractivity contribution in [2.24, 2.45) is 0 Å². The smallest absolute Gasteiger partial charge is 0.180 e. The lowest BCUT2D eigenvalue weighted by atomic mass is 10.1. The summed E-state index contributed by atoms with van der Waals surface area (Å²) < 4.78 is 0. The molecule has 2 aromatic heterocycles. The molecule has 0 fully saturated rings. The number of nitrogens with one attached hydrogen (secondary N) is 1. The Hall–Kier alpha value is -1.52. The molecule has 0 aromatic carbocycles. The van der Waals surface area contributed by atoms with Crippen LogP contribution in [0.3, 0.4) is 0 Å². The molecule has 0 saturated heterocycles. The summed E-state index contributed by atoms with van der Waals surface area (Å²) in [6.45, 7) is 4.71. The number of halogens is 1. The minimum atomic E-state index is 0.567. The van der Waals surface area contributed by atoms with Crippen LogP contribution in [-0.2, 0) is 6.54 Å². The van der Waals surface area contributed by atoms with Gasteiger partial charge in [0.1, 0.15) is 5.69 Å². The number of aromatic nitrogens is 3. The summed E-state index contributed by atoms with van der Waals surface area (Å²) in [5, 5.41) is 3.68. The molecule has 4 nitrogen and oxygen atoms in total. The number of aryl methyl sites for hydroxylation is 2. The number of rotatable bonds is 3. The molecule has 0 aliphatic carbocycles. The van der Waals surface area contributed by atoms with Gasteiger partial charge >= 0.3 is 0 Å². The van der Waals surface area contributed by atoms with E-state index in [4.69, 9.17) is 11.6 Å². The minimum Gasteiger partial charge on any atom is -0.316 e. The van der Waals surface area contributed by atoms with Gasteiger partial charge in [-0.2, -0.15) is 0 Å². The zero-order chi connectivity index (χ0) is 13.1. The maximum Gasteiger partial charge on any atom is 0.180 e. The fraction of sp³-hybridized carbons (Fsp3) is 0.308. The molecule has 0 radical (unpaired) electrons. The highest BCUT2D eigenvalue weighted by atomic mass is 35.5. The second kappa shape index (κ2) is 5.42. The molecule has 0 amide bonds. The molecule has 5 heteroatoms. The van der Waals surface area contributed by atoms with Gasteiger partial charge in [-0.1, -0.05) is 11.6 Å². The zero-order valence-corrected chi connectivity index (χ0v) is 11.4. The van der Waals surface area contributed by atoms with E-state index < -0.39 is 0 Å². The van der Waals surface area contributed by atoms with Gasteiger partial charge in [0.2, 0.25) is 0 Å². The van der Waals surface area contributed by atoms with Crippen molar-refractivity contribution in [1.82, 2.24) is 20.3 Å². The summed E-state index contributed by atoms with van der Waals surface area (Å²) in [5.41, 5.74) is 3.65. The molecular weight excluding hydrogens is 248 g/mol. The lowest BCUT2D eigenvalue weighted by Crippen LogP contribution is -2.11. The maximum absolute atomic E-state index is 6.11. The molecule has 2 heterocycles. The van der Waals surface area contributed by atoms with Gasteiger partial charge in [-0.25, -0.2) is 9.97 Å². The second-order valence-corrected chi connectivity index (χ2v) is 4.47. The van der Waals surface area contributed by atoms with Crippen LogP contribution in [0, 0.1) is 13.8 Å². The molecule has 18 heavy (non-hydrogen) atoms. The van der Waals surface area contributed by atoms with Crippen LogP contribution in [0.25, 0.3) is 11.5 Å². The van der Waals surface area contributed by atoms with Gasteiger partial charge in [0.05, 0.1) is 5.02 Å². The van der Waals surface area contributed by atoms with Crippen molar-refractivity contribution in [3.63, 3.8) is 0 Å². The number of pyridine rings is 1. The van der Waals surface area contributed by atoms with Gasteiger partial charge in [0.25, 0.3) is 0 Å². The van der Waals surface area contributed by atoms with Gasteiger partial charge in [0.15, 0.2) is 5.82 Å². The van der Waals surface area contributed by atoms with Gasteiger partial charge in [-0.3, -0.25) is 4.98 Å². The summed E-state index contributed by atoms with van der Waals surface area (Å²) in [4.78, 5) is 13.2. The Labute approximate surface area is 111 Å². The molecule has 0 unspecified atom stereocenters. The van der Waals surface area contributed by atoms with Crippen LogP contribution in [0.15, 0.2) is 18.3 Å². The Morgan fingerprint density at radius 1 is 1.22 bits per heavy atom. The highest BCUT2D eigenvalue weighted by Gasteiger charge is 2.12. The lowest BCUT2D eigenvalue weighted by molar-refractivity contribution is 0.787. The Bertz CT molecular complexity index is 546. The first-order valence-electron chi connectivity index (χ1n) is 5.73. The van der Waals surface area contributed by atoms with Crippen LogP contribution in [0.1, 0.15) is 17.0 Å². The largest absolute Gasteiger partial charge is 0.316 e. The van der Waals surface area contributed by atoms with Crippen LogP contribution in [-0.4, -0.2) is 22.0 Å². The average Bonchev–Trinajstić information content (AvgIpc) is 2.34. The third-order valence-electron chi connectivity index (χ3n) is 2.74. The normalized spacial score (nSPS) is 10.7. The third-order valence-corrected chi connectivity index (χ3v) is 3.05. The molecule has 0 aliphatic heterocycles. The Morgan fingerprint density at radius 2 is 1.89 bits per heavy atom. The SMILES string of the molecule is CNCc1c(C)nc(-c2ncccc2Cl)nc1C. The Balaban J connectivity index is 2.52. The first-order valence-corrected chi connectivity index (χ1v) is 6.11. The first kappa shape index (κ1) is 12.9. The second-order valence-electron chi connectivity index (χ2n) is 4.06. The van der Waals surface area contributed by atoms with Crippen LogP contribution in [0.4, 0.5) is 0 Å². The predicted molar refractivity (Wildman–Crippen MR) is 72.5 cm³/mol. The van der Waals surface area contributed by atoms with E-state index in [1.807, 2.05) is 20.9 Å². The van der Waals surface area contributed by atoms with Gasteiger partial charge in [-0.05, 0) is 33.0 Å². The van der Waals surface area contributed by atoms with Gasteiger partial charge < -0.3 is 5.32 Å². The quantitative estimate of drug-likeness (QED) is 0.924.